The summed E-state index contributed by atoms with van der Waals surface area (Å²) in [6, 6.07) is 4.06. The average molecular weight is 314 g/mol. The molecule has 20 heavy (non-hydrogen) atoms. The predicted molar refractivity (Wildman–Crippen MR) is 77.9 cm³/mol. The molecule has 7 heteroatoms. The van der Waals surface area contributed by atoms with Crippen LogP contribution in [0.25, 0.3) is 0 Å². The summed E-state index contributed by atoms with van der Waals surface area (Å²) in [6.45, 7) is 0.416. The van der Waals surface area contributed by atoms with Gasteiger partial charge in [0.05, 0.1) is 18.3 Å². The Kier molecular flexibility index (Phi) is 3.83. The molecular weight excluding hydrogens is 296 g/mol. The second-order valence-corrected chi connectivity index (χ2v) is 8.47. The van der Waals surface area contributed by atoms with Crippen LogP contribution in [-0.4, -0.2) is 37.5 Å². The zero-order valence-corrected chi connectivity index (χ0v) is 12.8. The molecule has 2 aliphatic rings. The Morgan fingerprint density at radius 3 is 2.85 bits per heavy atom. The van der Waals surface area contributed by atoms with Gasteiger partial charge in [0, 0.05) is 11.4 Å². The molecule has 1 amide bonds. The third kappa shape index (κ3) is 3.05. The molecule has 3 rings (SSSR count). The smallest absolute Gasteiger partial charge is 0.235 e. The maximum absolute atomic E-state index is 12.1. The van der Waals surface area contributed by atoms with Gasteiger partial charge in [-0.3, -0.25) is 4.79 Å². The largest absolute Gasteiger partial charge is 0.347 e. The molecule has 0 spiro atoms. The number of nitrogens with one attached hydrogen (secondary N) is 1. The minimum absolute atomic E-state index is 0.0447. The van der Waals surface area contributed by atoms with Crippen LogP contribution in [0.1, 0.15) is 30.2 Å². The Hall–Kier alpha value is -0.920. The fourth-order valence-electron chi connectivity index (χ4n) is 2.57. The second-order valence-electron chi connectivity index (χ2n) is 5.40. The van der Waals surface area contributed by atoms with Crippen LogP contribution < -0.4 is 5.32 Å². The number of rotatable bonds is 5. The maximum atomic E-state index is 12.1. The van der Waals surface area contributed by atoms with Gasteiger partial charge in [-0.25, -0.2) is 8.42 Å². The van der Waals surface area contributed by atoms with Crippen LogP contribution in [0.3, 0.4) is 0 Å². The van der Waals surface area contributed by atoms with E-state index < -0.39 is 10.0 Å². The summed E-state index contributed by atoms with van der Waals surface area (Å²) >= 11 is 1.64. The van der Waals surface area contributed by atoms with E-state index in [2.05, 4.69) is 5.32 Å². The zero-order chi connectivity index (χ0) is 14.2. The first-order valence-electron chi connectivity index (χ1n) is 6.87. The lowest BCUT2D eigenvalue weighted by Gasteiger charge is -2.19. The third-order valence-electron chi connectivity index (χ3n) is 3.78. The summed E-state index contributed by atoms with van der Waals surface area (Å²) in [5, 5.41) is 5.01. The highest BCUT2D eigenvalue weighted by molar-refractivity contribution is 7.89. The fourth-order valence-corrected chi connectivity index (χ4v) is 4.91. The number of amides is 1. The normalized spacial score (nSPS) is 23.6. The molecule has 1 aromatic heterocycles. The summed E-state index contributed by atoms with van der Waals surface area (Å²) in [6.07, 6.45) is 2.88. The van der Waals surface area contributed by atoms with E-state index in [1.165, 1.54) is 4.31 Å². The Balaban J connectivity index is 1.63. The number of thiophene rings is 1. The van der Waals surface area contributed by atoms with Crippen molar-refractivity contribution in [2.45, 2.75) is 25.3 Å². The molecule has 1 N–H and O–H groups in total. The molecule has 1 saturated heterocycles. The number of carbonyl (C=O) groups excluding carboxylic acids is 1. The molecule has 1 aliphatic carbocycles. The van der Waals surface area contributed by atoms with E-state index in [0.29, 0.717) is 18.9 Å². The molecule has 5 nitrogen and oxygen atoms in total. The molecule has 2 fully saturated rings. The van der Waals surface area contributed by atoms with Crippen molar-refractivity contribution in [3.05, 3.63) is 22.4 Å². The Bertz CT molecular complexity index is 579. The van der Waals surface area contributed by atoms with Crippen LogP contribution in [-0.2, 0) is 14.8 Å². The summed E-state index contributed by atoms with van der Waals surface area (Å²) in [4.78, 5) is 13.3. The molecule has 1 unspecified atom stereocenters. The first-order chi connectivity index (χ1) is 9.56. The van der Waals surface area contributed by atoms with Gasteiger partial charge < -0.3 is 5.32 Å². The molecular formula is C13H18N2O3S2. The highest BCUT2D eigenvalue weighted by atomic mass is 32.2. The van der Waals surface area contributed by atoms with Crippen molar-refractivity contribution < 1.29 is 13.2 Å². The summed E-state index contributed by atoms with van der Waals surface area (Å²) < 4.78 is 24.7. The van der Waals surface area contributed by atoms with Crippen molar-refractivity contribution >= 4 is 27.3 Å². The van der Waals surface area contributed by atoms with Gasteiger partial charge in [0.1, 0.15) is 0 Å². The molecule has 110 valence electrons. The van der Waals surface area contributed by atoms with Crippen molar-refractivity contribution in [2.24, 2.45) is 5.92 Å². The quantitative estimate of drug-likeness (QED) is 0.892. The van der Waals surface area contributed by atoms with Crippen LogP contribution in [0.2, 0.25) is 0 Å². The van der Waals surface area contributed by atoms with Crippen LogP contribution in [0.5, 0.6) is 0 Å². The van der Waals surface area contributed by atoms with E-state index in [1.807, 2.05) is 17.5 Å². The molecule has 1 saturated carbocycles. The van der Waals surface area contributed by atoms with Crippen LogP contribution >= 0.6 is 11.3 Å². The number of hydrogen-bond donors (Lipinski definition) is 1. The first-order valence-corrected chi connectivity index (χ1v) is 9.36. The fraction of sp³-hybridized carbons (Fsp3) is 0.615. The number of carbonyl (C=O) groups is 1. The number of nitrogens with zero attached hydrogens (tertiary/aromatic N) is 1. The van der Waals surface area contributed by atoms with Crippen molar-refractivity contribution in [1.82, 2.24) is 9.62 Å². The van der Waals surface area contributed by atoms with Gasteiger partial charge in [0.25, 0.3) is 0 Å². The SMILES string of the molecule is O=C(CN1CCCS1(=O)=O)NC(c1cccs1)C1CC1. The van der Waals surface area contributed by atoms with Crippen LogP contribution in [0.4, 0.5) is 0 Å². The Morgan fingerprint density at radius 1 is 1.50 bits per heavy atom. The average Bonchev–Trinajstić information content (AvgIpc) is 2.98. The molecule has 1 aromatic rings. The van der Waals surface area contributed by atoms with E-state index in [9.17, 15) is 13.2 Å². The molecule has 2 heterocycles. The van der Waals surface area contributed by atoms with E-state index in [0.717, 1.165) is 17.7 Å². The second kappa shape index (κ2) is 5.46. The van der Waals surface area contributed by atoms with Crippen molar-refractivity contribution in [1.29, 1.82) is 0 Å². The van der Waals surface area contributed by atoms with Crippen molar-refractivity contribution in [3.63, 3.8) is 0 Å². The maximum Gasteiger partial charge on any atom is 0.235 e. The zero-order valence-electron chi connectivity index (χ0n) is 11.1. The van der Waals surface area contributed by atoms with Gasteiger partial charge in [0.15, 0.2) is 0 Å². The van der Waals surface area contributed by atoms with Gasteiger partial charge in [-0.05, 0) is 36.6 Å². The van der Waals surface area contributed by atoms with Gasteiger partial charge in [-0.15, -0.1) is 11.3 Å². The van der Waals surface area contributed by atoms with E-state index in [-0.39, 0.29) is 24.2 Å². The summed E-state index contributed by atoms with van der Waals surface area (Å²) in [5.41, 5.74) is 0. The van der Waals surface area contributed by atoms with Gasteiger partial charge in [-0.1, -0.05) is 6.07 Å². The lowest BCUT2D eigenvalue weighted by Crippen LogP contribution is -2.40. The van der Waals surface area contributed by atoms with Crippen LogP contribution in [0, 0.1) is 5.92 Å². The minimum atomic E-state index is -3.20. The van der Waals surface area contributed by atoms with Gasteiger partial charge in [0.2, 0.25) is 15.9 Å². The van der Waals surface area contributed by atoms with E-state index in [1.54, 1.807) is 11.3 Å². The number of sulfonamides is 1. The van der Waals surface area contributed by atoms with E-state index >= 15 is 0 Å². The van der Waals surface area contributed by atoms with Gasteiger partial charge in [-0.2, -0.15) is 4.31 Å². The van der Waals surface area contributed by atoms with Crippen molar-refractivity contribution in [3.8, 4) is 0 Å². The Labute approximate surface area is 123 Å². The first kappa shape index (κ1) is 14.0. The lowest BCUT2D eigenvalue weighted by atomic mass is 10.1. The van der Waals surface area contributed by atoms with Crippen LogP contribution in [0.15, 0.2) is 17.5 Å². The van der Waals surface area contributed by atoms with Gasteiger partial charge >= 0.3 is 0 Å². The topological polar surface area (TPSA) is 66.5 Å². The molecule has 0 aromatic carbocycles. The standard InChI is InChI=1S/C13H18N2O3S2/c16-12(9-15-6-2-8-20(15,17)18)14-13(10-4-5-10)11-3-1-7-19-11/h1,3,7,10,13H,2,4-6,8-9H2,(H,14,16). The van der Waals surface area contributed by atoms with Crippen molar-refractivity contribution in [2.75, 3.05) is 18.8 Å². The third-order valence-corrected chi connectivity index (χ3v) is 6.64. The molecule has 0 radical (unpaired) electrons. The highest BCUT2D eigenvalue weighted by Gasteiger charge is 2.35. The summed E-state index contributed by atoms with van der Waals surface area (Å²) in [7, 11) is -3.20. The molecule has 1 atom stereocenters. The van der Waals surface area contributed by atoms with E-state index in [4.69, 9.17) is 0 Å². The molecule has 1 aliphatic heterocycles. The molecule has 0 bridgehead atoms. The lowest BCUT2D eigenvalue weighted by molar-refractivity contribution is -0.122. The summed E-state index contributed by atoms with van der Waals surface area (Å²) in [5.74, 6) is 0.477. The highest BCUT2D eigenvalue weighted by Crippen LogP contribution is 2.42. The number of hydrogen-bond acceptors (Lipinski definition) is 4. The minimum Gasteiger partial charge on any atom is -0.347 e. The predicted octanol–water partition coefficient (Wildman–Crippen LogP) is 1.35. The Morgan fingerprint density at radius 2 is 2.30 bits per heavy atom. The monoisotopic (exact) mass is 314 g/mol.